The van der Waals surface area contributed by atoms with E-state index in [0.29, 0.717) is 32.1 Å². The number of piperazine rings is 1. The molecule has 0 unspecified atom stereocenters. The van der Waals surface area contributed by atoms with Crippen LogP contribution in [-0.4, -0.2) is 55.4 Å². The molecule has 0 spiro atoms. The van der Waals surface area contributed by atoms with E-state index in [1.807, 2.05) is 4.90 Å². The molecule has 1 saturated heterocycles. The summed E-state index contributed by atoms with van der Waals surface area (Å²) in [6.07, 6.45) is 3.34. The smallest absolute Gasteiger partial charge is 0.261 e. The maximum Gasteiger partial charge on any atom is 0.261 e. The summed E-state index contributed by atoms with van der Waals surface area (Å²) in [6, 6.07) is 12.7. The van der Waals surface area contributed by atoms with E-state index in [0.717, 1.165) is 12.1 Å². The van der Waals surface area contributed by atoms with E-state index < -0.39 is 15.8 Å². The number of hydrogen-bond acceptors (Lipinski definition) is 6. The summed E-state index contributed by atoms with van der Waals surface area (Å²) < 4.78 is 41.0. The summed E-state index contributed by atoms with van der Waals surface area (Å²) in [7, 11) is -3.97. The second-order valence-corrected chi connectivity index (χ2v) is 8.62. The van der Waals surface area contributed by atoms with Crippen LogP contribution < -0.4 is 9.62 Å². The van der Waals surface area contributed by atoms with Gasteiger partial charge in [0, 0.05) is 38.6 Å². The molecule has 1 amide bonds. The van der Waals surface area contributed by atoms with Crippen LogP contribution in [0, 0.1) is 5.82 Å². The molecule has 4 rings (SSSR count). The van der Waals surface area contributed by atoms with Crippen molar-refractivity contribution in [3.8, 4) is 0 Å². The molecular formula is C21H20FN5O3S. The van der Waals surface area contributed by atoms with Crippen LogP contribution in [0.15, 0.2) is 71.9 Å². The summed E-state index contributed by atoms with van der Waals surface area (Å²) >= 11 is 0. The molecular weight excluding hydrogens is 421 g/mol. The highest BCUT2D eigenvalue weighted by Gasteiger charge is 2.26. The van der Waals surface area contributed by atoms with Gasteiger partial charge in [-0.3, -0.25) is 9.52 Å². The Morgan fingerprint density at radius 1 is 0.903 bits per heavy atom. The van der Waals surface area contributed by atoms with Gasteiger partial charge in [-0.1, -0.05) is 12.1 Å². The summed E-state index contributed by atoms with van der Waals surface area (Å²) in [4.78, 5) is 25.2. The Balaban J connectivity index is 1.49. The Labute approximate surface area is 179 Å². The van der Waals surface area contributed by atoms with Gasteiger partial charge < -0.3 is 9.80 Å². The number of aromatic nitrogens is 2. The standard InChI is InChI=1S/C21H20FN5O3S/c22-16-6-8-17(9-7-16)31(29,30)25-19-5-2-1-4-18(19)20(28)26-12-14-27(15-13-26)21-23-10-3-11-24-21/h1-11,25H,12-15H2. The van der Waals surface area contributed by atoms with Crippen LogP contribution in [0.1, 0.15) is 10.4 Å². The molecule has 0 radical (unpaired) electrons. The van der Waals surface area contributed by atoms with Crippen LogP contribution in [0.2, 0.25) is 0 Å². The minimum absolute atomic E-state index is 0.0902. The highest BCUT2D eigenvalue weighted by atomic mass is 32.2. The predicted octanol–water partition coefficient (Wildman–Crippen LogP) is 2.38. The van der Waals surface area contributed by atoms with Crippen molar-refractivity contribution in [2.75, 3.05) is 35.8 Å². The van der Waals surface area contributed by atoms with Gasteiger partial charge in [-0.2, -0.15) is 0 Å². The van der Waals surface area contributed by atoms with Crippen molar-refractivity contribution in [3.63, 3.8) is 0 Å². The zero-order valence-corrected chi connectivity index (χ0v) is 17.3. The van der Waals surface area contributed by atoms with E-state index in [1.165, 1.54) is 18.2 Å². The van der Waals surface area contributed by atoms with Crippen LogP contribution in [0.4, 0.5) is 16.0 Å². The summed E-state index contributed by atoms with van der Waals surface area (Å²) in [5, 5.41) is 0. The Kier molecular flexibility index (Phi) is 5.81. The van der Waals surface area contributed by atoms with Crippen LogP contribution in [-0.2, 0) is 10.0 Å². The lowest BCUT2D eigenvalue weighted by Gasteiger charge is -2.35. The molecule has 0 aliphatic carbocycles. The van der Waals surface area contributed by atoms with Gasteiger partial charge in [0.05, 0.1) is 16.1 Å². The van der Waals surface area contributed by atoms with Gasteiger partial charge >= 0.3 is 0 Å². The van der Waals surface area contributed by atoms with Crippen LogP contribution >= 0.6 is 0 Å². The zero-order valence-electron chi connectivity index (χ0n) is 16.5. The third-order valence-electron chi connectivity index (χ3n) is 4.93. The number of para-hydroxylation sites is 1. The molecule has 2 heterocycles. The summed E-state index contributed by atoms with van der Waals surface area (Å²) in [5.74, 6) is -0.192. The van der Waals surface area contributed by atoms with E-state index in [-0.39, 0.29) is 22.1 Å². The van der Waals surface area contributed by atoms with Crippen molar-refractivity contribution in [1.82, 2.24) is 14.9 Å². The lowest BCUT2D eigenvalue weighted by molar-refractivity contribution is 0.0747. The summed E-state index contributed by atoms with van der Waals surface area (Å²) in [6.45, 7) is 2.05. The maximum atomic E-state index is 13.1. The Morgan fingerprint density at radius 3 is 2.23 bits per heavy atom. The van der Waals surface area contributed by atoms with E-state index in [1.54, 1.807) is 41.6 Å². The van der Waals surface area contributed by atoms with Crippen molar-refractivity contribution in [1.29, 1.82) is 0 Å². The fraction of sp³-hybridized carbons (Fsp3) is 0.190. The normalized spacial score (nSPS) is 14.4. The first-order valence-corrected chi connectivity index (χ1v) is 11.1. The Bertz CT molecular complexity index is 1170. The number of carbonyl (C=O) groups excluding carboxylic acids is 1. The second-order valence-electron chi connectivity index (χ2n) is 6.93. The minimum Gasteiger partial charge on any atom is -0.337 e. The van der Waals surface area contributed by atoms with Crippen molar-refractivity contribution < 1.29 is 17.6 Å². The number of benzene rings is 2. The fourth-order valence-corrected chi connectivity index (χ4v) is 4.39. The number of carbonyl (C=O) groups is 1. The molecule has 1 aromatic heterocycles. The molecule has 2 aromatic carbocycles. The number of amides is 1. The fourth-order valence-electron chi connectivity index (χ4n) is 3.31. The average molecular weight is 441 g/mol. The van der Waals surface area contributed by atoms with Crippen molar-refractivity contribution in [2.24, 2.45) is 0 Å². The van der Waals surface area contributed by atoms with E-state index in [2.05, 4.69) is 14.7 Å². The molecule has 1 fully saturated rings. The number of rotatable bonds is 5. The van der Waals surface area contributed by atoms with Gasteiger partial charge in [0.2, 0.25) is 5.95 Å². The average Bonchev–Trinajstić information content (AvgIpc) is 2.80. The third kappa shape index (κ3) is 4.64. The number of hydrogen-bond donors (Lipinski definition) is 1. The lowest BCUT2D eigenvalue weighted by atomic mass is 10.1. The first-order chi connectivity index (χ1) is 14.9. The highest BCUT2D eigenvalue weighted by molar-refractivity contribution is 7.92. The second kappa shape index (κ2) is 8.68. The molecule has 1 aliphatic rings. The van der Waals surface area contributed by atoms with E-state index >= 15 is 0 Å². The molecule has 10 heteroatoms. The van der Waals surface area contributed by atoms with Crippen molar-refractivity contribution in [3.05, 3.63) is 78.4 Å². The molecule has 31 heavy (non-hydrogen) atoms. The SMILES string of the molecule is O=C(c1ccccc1NS(=O)(=O)c1ccc(F)cc1)N1CCN(c2ncccn2)CC1. The Hall–Kier alpha value is -3.53. The first-order valence-electron chi connectivity index (χ1n) is 9.63. The monoisotopic (exact) mass is 441 g/mol. The maximum absolute atomic E-state index is 13.1. The summed E-state index contributed by atoms with van der Waals surface area (Å²) in [5.41, 5.74) is 0.420. The van der Waals surface area contributed by atoms with Crippen molar-refractivity contribution >= 4 is 27.6 Å². The van der Waals surface area contributed by atoms with Gasteiger partial charge in [0.25, 0.3) is 15.9 Å². The van der Waals surface area contributed by atoms with Crippen LogP contribution in [0.25, 0.3) is 0 Å². The molecule has 8 nitrogen and oxygen atoms in total. The number of halogens is 1. The Morgan fingerprint density at radius 2 is 1.55 bits per heavy atom. The topological polar surface area (TPSA) is 95.5 Å². The van der Waals surface area contributed by atoms with Gasteiger partial charge in [-0.25, -0.2) is 22.8 Å². The van der Waals surface area contributed by atoms with Crippen molar-refractivity contribution in [2.45, 2.75) is 4.90 Å². The molecule has 0 atom stereocenters. The van der Waals surface area contributed by atoms with Gasteiger partial charge in [-0.15, -0.1) is 0 Å². The molecule has 3 aromatic rings. The minimum atomic E-state index is -3.97. The third-order valence-corrected chi connectivity index (χ3v) is 6.31. The molecule has 1 aliphatic heterocycles. The lowest BCUT2D eigenvalue weighted by Crippen LogP contribution is -2.49. The van der Waals surface area contributed by atoms with Gasteiger partial charge in [0.1, 0.15) is 5.82 Å². The van der Waals surface area contributed by atoms with Crippen LogP contribution in [0.5, 0.6) is 0 Å². The number of nitrogens with one attached hydrogen (secondary N) is 1. The quantitative estimate of drug-likeness (QED) is 0.653. The molecule has 1 N–H and O–H groups in total. The predicted molar refractivity (Wildman–Crippen MR) is 114 cm³/mol. The highest BCUT2D eigenvalue weighted by Crippen LogP contribution is 2.23. The number of nitrogens with zero attached hydrogens (tertiary/aromatic N) is 4. The number of sulfonamides is 1. The largest absolute Gasteiger partial charge is 0.337 e. The molecule has 0 bridgehead atoms. The molecule has 160 valence electrons. The number of anilines is 2. The first kappa shape index (κ1) is 20.7. The zero-order chi connectivity index (χ0) is 21.8. The van der Waals surface area contributed by atoms with Crippen LogP contribution in [0.3, 0.4) is 0 Å². The van der Waals surface area contributed by atoms with E-state index in [9.17, 15) is 17.6 Å². The van der Waals surface area contributed by atoms with Gasteiger partial charge in [0.15, 0.2) is 0 Å². The van der Waals surface area contributed by atoms with E-state index in [4.69, 9.17) is 0 Å². The van der Waals surface area contributed by atoms with Gasteiger partial charge in [-0.05, 0) is 42.5 Å². The molecule has 0 saturated carbocycles.